The van der Waals surface area contributed by atoms with E-state index in [-0.39, 0.29) is 17.0 Å². The Morgan fingerprint density at radius 1 is 1.14 bits per heavy atom. The molecule has 28 heavy (non-hydrogen) atoms. The number of nitrogens with one attached hydrogen (secondary N) is 1. The molecule has 3 aromatic heterocycles. The number of fused-ring (bicyclic) bond motifs is 1. The molecule has 0 aliphatic rings. The molecule has 12 heteroatoms. The van der Waals surface area contributed by atoms with Crippen molar-refractivity contribution in [3.8, 4) is 22.6 Å². The van der Waals surface area contributed by atoms with Crippen LogP contribution in [-0.4, -0.2) is 44.7 Å². The molecule has 0 saturated heterocycles. The maximum atomic E-state index is 13.6. The predicted molar refractivity (Wildman–Crippen MR) is 91.9 cm³/mol. The summed E-state index contributed by atoms with van der Waals surface area (Å²) in [6.45, 7) is 0. The molecule has 1 aromatic carbocycles. The lowest BCUT2D eigenvalue weighted by atomic mass is 10.0. The lowest BCUT2D eigenvalue weighted by Gasteiger charge is -2.17. The molecule has 0 radical (unpaired) electrons. The van der Waals surface area contributed by atoms with Gasteiger partial charge in [0.2, 0.25) is 0 Å². The van der Waals surface area contributed by atoms with E-state index in [0.717, 1.165) is 6.07 Å². The third-order valence-corrected chi connectivity index (χ3v) is 5.27. The summed E-state index contributed by atoms with van der Waals surface area (Å²) in [7, 11) is -4.31. The van der Waals surface area contributed by atoms with Crippen molar-refractivity contribution in [1.29, 1.82) is 0 Å². The summed E-state index contributed by atoms with van der Waals surface area (Å²) in [4.78, 5) is 3.31. The SMILES string of the molecule is CS(=O)(=O)c1c(C(F)(F)F)ccc(-c2cnc3ccccn23)c1-c1nnn[nH]1. The van der Waals surface area contributed by atoms with E-state index in [9.17, 15) is 21.6 Å². The second-order valence-corrected chi connectivity index (χ2v) is 7.91. The summed E-state index contributed by atoms with van der Waals surface area (Å²) in [5, 5.41) is 12.8. The molecule has 4 aromatic rings. The molecule has 4 rings (SSSR count). The third-order valence-electron chi connectivity index (χ3n) is 4.11. The normalized spacial score (nSPS) is 12.6. The fourth-order valence-corrected chi connectivity index (χ4v) is 4.20. The van der Waals surface area contributed by atoms with E-state index < -0.39 is 26.5 Å². The van der Waals surface area contributed by atoms with E-state index >= 15 is 0 Å². The number of H-pyrrole nitrogens is 1. The second kappa shape index (κ2) is 6.12. The summed E-state index contributed by atoms with van der Waals surface area (Å²) in [6, 6.07) is 7.10. The fraction of sp³-hybridized carbons (Fsp3) is 0.125. The minimum Gasteiger partial charge on any atom is -0.300 e. The number of nitrogens with zero attached hydrogens (tertiary/aromatic N) is 5. The number of hydrogen-bond acceptors (Lipinski definition) is 6. The quantitative estimate of drug-likeness (QED) is 0.559. The predicted octanol–water partition coefficient (Wildman–Crippen LogP) is 2.60. The van der Waals surface area contributed by atoms with Gasteiger partial charge in [0.1, 0.15) is 5.65 Å². The monoisotopic (exact) mass is 408 g/mol. The third kappa shape index (κ3) is 2.91. The highest BCUT2D eigenvalue weighted by atomic mass is 32.2. The van der Waals surface area contributed by atoms with Crippen LogP contribution >= 0.6 is 0 Å². The zero-order chi connectivity index (χ0) is 20.1. The van der Waals surface area contributed by atoms with Crippen LogP contribution in [0.2, 0.25) is 0 Å². The van der Waals surface area contributed by atoms with Gasteiger partial charge >= 0.3 is 6.18 Å². The highest BCUT2D eigenvalue weighted by molar-refractivity contribution is 7.91. The number of rotatable bonds is 3. The van der Waals surface area contributed by atoms with Crippen molar-refractivity contribution in [3.63, 3.8) is 0 Å². The Morgan fingerprint density at radius 3 is 2.57 bits per heavy atom. The number of halogens is 3. The van der Waals surface area contributed by atoms with Crippen LogP contribution in [0.5, 0.6) is 0 Å². The van der Waals surface area contributed by atoms with Gasteiger partial charge in [-0.15, -0.1) is 5.10 Å². The number of sulfone groups is 1. The van der Waals surface area contributed by atoms with Crippen LogP contribution < -0.4 is 0 Å². The average Bonchev–Trinajstić information content (AvgIpc) is 3.28. The highest BCUT2D eigenvalue weighted by Crippen LogP contribution is 2.43. The number of aromatic nitrogens is 6. The molecular formula is C16H11F3N6O2S. The van der Waals surface area contributed by atoms with Gasteiger partial charge in [-0.05, 0) is 28.6 Å². The minimum absolute atomic E-state index is 0.186. The molecule has 0 aliphatic carbocycles. The molecule has 8 nitrogen and oxygen atoms in total. The van der Waals surface area contributed by atoms with Crippen LogP contribution in [-0.2, 0) is 16.0 Å². The summed E-state index contributed by atoms with van der Waals surface area (Å²) in [6.07, 6.45) is -1.07. The number of benzene rings is 1. The Kier molecular flexibility index (Phi) is 3.96. The molecular weight excluding hydrogens is 397 g/mol. The molecule has 0 saturated carbocycles. The number of pyridine rings is 1. The molecule has 0 fully saturated rings. The summed E-state index contributed by atoms with van der Waals surface area (Å²) in [5.41, 5.74) is -0.446. The Morgan fingerprint density at radius 2 is 1.93 bits per heavy atom. The zero-order valence-electron chi connectivity index (χ0n) is 14.1. The van der Waals surface area contributed by atoms with Gasteiger partial charge in [-0.1, -0.05) is 12.1 Å². The Bertz CT molecular complexity index is 1280. The first-order valence-electron chi connectivity index (χ1n) is 7.79. The summed E-state index contributed by atoms with van der Waals surface area (Å²) < 4.78 is 67.2. The molecule has 144 valence electrons. The summed E-state index contributed by atoms with van der Waals surface area (Å²) >= 11 is 0. The van der Waals surface area contributed by atoms with E-state index in [1.165, 1.54) is 12.3 Å². The number of tetrazole rings is 1. The molecule has 3 heterocycles. The first-order chi connectivity index (χ1) is 13.2. The molecule has 0 amide bonds. The number of alkyl halides is 3. The Hall–Kier alpha value is -3.28. The van der Waals surface area contributed by atoms with Gasteiger partial charge < -0.3 is 0 Å². The van der Waals surface area contributed by atoms with Crippen LogP contribution in [0.3, 0.4) is 0 Å². The van der Waals surface area contributed by atoms with Gasteiger partial charge in [-0.25, -0.2) is 18.5 Å². The molecule has 0 unspecified atom stereocenters. The van der Waals surface area contributed by atoms with Crippen LogP contribution in [0.1, 0.15) is 5.56 Å². The van der Waals surface area contributed by atoms with E-state index in [2.05, 4.69) is 25.6 Å². The first kappa shape index (κ1) is 18.1. The van der Waals surface area contributed by atoms with Crippen molar-refractivity contribution >= 4 is 15.5 Å². The number of imidazole rings is 1. The largest absolute Gasteiger partial charge is 0.417 e. The van der Waals surface area contributed by atoms with Gasteiger partial charge in [0, 0.05) is 23.6 Å². The molecule has 0 bridgehead atoms. The molecule has 0 atom stereocenters. The van der Waals surface area contributed by atoms with E-state index in [1.807, 2.05) is 0 Å². The van der Waals surface area contributed by atoms with E-state index in [0.29, 0.717) is 17.6 Å². The minimum atomic E-state index is -4.89. The maximum Gasteiger partial charge on any atom is 0.417 e. The standard InChI is InChI=1S/C16H11F3N6O2S/c1-28(26,27)14-10(16(17,18)19)6-5-9(13(14)15-21-23-24-22-15)11-8-20-12-4-2-3-7-25(11)12/h2-8H,1H3,(H,21,22,23,24). The van der Waals surface area contributed by atoms with Crippen LogP contribution in [0.15, 0.2) is 47.6 Å². The smallest absolute Gasteiger partial charge is 0.300 e. The van der Waals surface area contributed by atoms with Crippen molar-refractivity contribution in [2.24, 2.45) is 0 Å². The van der Waals surface area contributed by atoms with Crippen LogP contribution in [0, 0.1) is 0 Å². The molecule has 1 N–H and O–H groups in total. The molecule has 0 aliphatic heterocycles. The Labute approximate surface area is 156 Å². The van der Waals surface area contributed by atoms with Crippen LogP contribution in [0.25, 0.3) is 28.3 Å². The highest BCUT2D eigenvalue weighted by Gasteiger charge is 2.39. The maximum absolute atomic E-state index is 13.6. The second-order valence-electron chi connectivity index (χ2n) is 5.96. The number of hydrogen-bond donors (Lipinski definition) is 1. The van der Waals surface area contributed by atoms with E-state index in [4.69, 9.17) is 0 Å². The van der Waals surface area contributed by atoms with Crippen molar-refractivity contribution in [3.05, 3.63) is 48.3 Å². The first-order valence-corrected chi connectivity index (χ1v) is 9.68. The Balaban J connectivity index is 2.17. The number of aromatic amines is 1. The van der Waals surface area contributed by atoms with Crippen molar-refractivity contribution in [2.75, 3.05) is 6.26 Å². The lowest BCUT2D eigenvalue weighted by Crippen LogP contribution is -2.15. The fourth-order valence-electron chi connectivity index (χ4n) is 3.04. The lowest BCUT2D eigenvalue weighted by molar-refractivity contribution is -0.139. The van der Waals surface area contributed by atoms with Crippen molar-refractivity contribution < 1.29 is 21.6 Å². The average molecular weight is 408 g/mol. The van der Waals surface area contributed by atoms with Crippen molar-refractivity contribution in [1.82, 2.24) is 30.0 Å². The van der Waals surface area contributed by atoms with Gasteiger partial charge in [0.25, 0.3) is 0 Å². The van der Waals surface area contributed by atoms with Gasteiger partial charge in [-0.3, -0.25) is 4.40 Å². The van der Waals surface area contributed by atoms with Crippen molar-refractivity contribution in [2.45, 2.75) is 11.1 Å². The zero-order valence-corrected chi connectivity index (χ0v) is 15.0. The van der Waals surface area contributed by atoms with Gasteiger partial charge in [0.15, 0.2) is 15.7 Å². The van der Waals surface area contributed by atoms with Gasteiger partial charge in [0.05, 0.1) is 22.3 Å². The van der Waals surface area contributed by atoms with Crippen LogP contribution in [0.4, 0.5) is 13.2 Å². The molecule has 0 spiro atoms. The summed E-state index contributed by atoms with van der Waals surface area (Å²) in [5.74, 6) is -0.201. The van der Waals surface area contributed by atoms with E-state index in [1.54, 1.807) is 28.8 Å². The topological polar surface area (TPSA) is 106 Å². The van der Waals surface area contributed by atoms with Gasteiger partial charge in [-0.2, -0.15) is 13.2 Å².